The molecule has 37 heavy (non-hydrogen) atoms. The highest BCUT2D eigenvalue weighted by molar-refractivity contribution is 6.03. The molecule has 194 valence electrons. The van der Waals surface area contributed by atoms with Crippen molar-refractivity contribution in [2.45, 2.75) is 32.9 Å². The van der Waals surface area contributed by atoms with E-state index in [9.17, 15) is 23.9 Å². The van der Waals surface area contributed by atoms with Crippen LogP contribution in [0.25, 0.3) is 11.0 Å². The van der Waals surface area contributed by atoms with Crippen molar-refractivity contribution in [2.75, 3.05) is 23.9 Å². The molecular weight excluding hydrogens is 485 g/mol. The molecule has 3 heterocycles. The number of halogens is 1. The van der Waals surface area contributed by atoms with E-state index in [0.29, 0.717) is 16.9 Å². The fourth-order valence-corrected chi connectivity index (χ4v) is 3.59. The standard InChI is InChI=1S/C24H26FN7O5/c1-12(2)32-10-15(23(35)28-24(32)36)22(34)27-14-5-6-17(16(25)9-14)37-18-7-8-26-20-19(18)21(30-29-20)31(4)13(3)11-33/h5-10,12-13,33H,11H2,1-4H3,(H,27,34)(H,26,29,30)(H,28,35,36)/t13-/m1/s1. The highest BCUT2D eigenvalue weighted by Gasteiger charge is 2.21. The van der Waals surface area contributed by atoms with Crippen molar-refractivity contribution in [3.63, 3.8) is 0 Å². The van der Waals surface area contributed by atoms with Gasteiger partial charge in [-0.2, -0.15) is 5.10 Å². The number of H-pyrrole nitrogens is 2. The number of fused-ring (bicyclic) bond motifs is 1. The van der Waals surface area contributed by atoms with E-state index in [1.165, 1.54) is 29.1 Å². The van der Waals surface area contributed by atoms with E-state index in [1.807, 2.05) is 6.92 Å². The maximum atomic E-state index is 15.0. The highest BCUT2D eigenvalue weighted by Crippen LogP contribution is 2.36. The monoisotopic (exact) mass is 511 g/mol. The maximum Gasteiger partial charge on any atom is 0.328 e. The SMILES string of the molecule is CC(C)n1cc(C(=O)Nc2ccc(Oc3ccnc4[nH]nc(N(C)[C@H](C)CO)c34)c(F)c2)c(=O)[nH]c1=O. The van der Waals surface area contributed by atoms with Gasteiger partial charge in [-0.25, -0.2) is 14.2 Å². The first kappa shape index (κ1) is 25.6. The Hall–Kier alpha value is -4.52. The number of aromatic amines is 2. The van der Waals surface area contributed by atoms with Gasteiger partial charge in [-0.15, -0.1) is 0 Å². The number of benzene rings is 1. The largest absolute Gasteiger partial charge is 0.453 e. The molecule has 1 aromatic carbocycles. The summed E-state index contributed by atoms with van der Waals surface area (Å²) in [6.07, 6.45) is 2.65. The molecular formula is C24H26FN7O5. The summed E-state index contributed by atoms with van der Waals surface area (Å²) in [6.45, 7) is 5.16. The van der Waals surface area contributed by atoms with Gasteiger partial charge in [0.15, 0.2) is 23.0 Å². The molecule has 1 atom stereocenters. The molecule has 4 aromatic rings. The number of amides is 1. The minimum atomic E-state index is -0.849. The summed E-state index contributed by atoms with van der Waals surface area (Å²) in [5, 5.41) is 19.5. The zero-order valence-corrected chi connectivity index (χ0v) is 20.6. The molecule has 0 saturated heterocycles. The number of ether oxygens (including phenoxy) is 1. The van der Waals surface area contributed by atoms with Crippen molar-refractivity contribution in [3.05, 3.63) is 68.9 Å². The Morgan fingerprint density at radius 2 is 2.00 bits per heavy atom. The van der Waals surface area contributed by atoms with Gasteiger partial charge in [0.2, 0.25) is 0 Å². The molecule has 0 spiro atoms. The van der Waals surface area contributed by atoms with Crippen LogP contribution in [-0.2, 0) is 0 Å². The summed E-state index contributed by atoms with van der Waals surface area (Å²) in [6, 6.07) is 4.82. The van der Waals surface area contributed by atoms with Crippen molar-refractivity contribution >= 4 is 28.4 Å². The molecule has 3 aromatic heterocycles. The molecule has 0 unspecified atom stereocenters. The second-order valence-electron chi connectivity index (χ2n) is 8.73. The van der Waals surface area contributed by atoms with Gasteiger partial charge < -0.3 is 20.1 Å². The van der Waals surface area contributed by atoms with Crippen molar-refractivity contribution in [3.8, 4) is 11.5 Å². The van der Waals surface area contributed by atoms with Crippen LogP contribution in [-0.4, -0.2) is 55.4 Å². The van der Waals surface area contributed by atoms with Gasteiger partial charge in [-0.3, -0.25) is 24.2 Å². The van der Waals surface area contributed by atoms with E-state index in [4.69, 9.17) is 4.74 Å². The molecule has 13 heteroatoms. The maximum absolute atomic E-state index is 15.0. The number of hydrogen-bond donors (Lipinski definition) is 4. The Kier molecular flexibility index (Phi) is 7.07. The Balaban J connectivity index is 1.60. The Labute approximate surface area is 209 Å². The number of aliphatic hydroxyl groups is 1. The lowest BCUT2D eigenvalue weighted by atomic mass is 10.2. The first-order valence-electron chi connectivity index (χ1n) is 11.4. The predicted molar refractivity (Wildman–Crippen MR) is 135 cm³/mol. The number of carbonyl (C=O) groups excluding carboxylic acids is 1. The second kappa shape index (κ2) is 10.2. The molecule has 4 N–H and O–H groups in total. The van der Waals surface area contributed by atoms with Crippen molar-refractivity contribution in [2.24, 2.45) is 0 Å². The average Bonchev–Trinajstić information content (AvgIpc) is 3.29. The Morgan fingerprint density at radius 3 is 2.68 bits per heavy atom. The van der Waals surface area contributed by atoms with Gasteiger partial charge in [0, 0.05) is 43.3 Å². The quantitative estimate of drug-likeness (QED) is 0.281. The third-order valence-corrected chi connectivity index (χ3v) is 5.84. The molecule has 12 nitrogen and oxygen atoms in total. The van der Waals surface area contributed by atoms with E-state index in [0.717, 1.165) is 6.07 Å². The number of nitrogens with zero attached hydrogens (tertiary/aromatic N) is 4. The summed E-state index contributed by atoms with van der Waals surface area (Å²) < 4.78 is 22.0. The van der Waals surface area contributed by atoms with Gasteiger partial charge >= 0.3 is 5.69 Å². The van der Waals surface area contributed by atoms with Crippen molar-refractivity contribution < 1.29 is 19.0 Å². The van der Waals surface area contributed by atoms with E-state index < -0.39 is 23.0 Å². The number of rotatable bonds is 8. The Morgan fingerprint density at radius 1 is 1.24 bits per heavy atom. The van der Waals surface area contributed by atoms with E-state index in [2.05, 4.69) is 25.5 Å². The third-order valence-electron chi connectivity index (χ3n) is 5.84. The first-order valence-corrected chi connectivity index (χ1v) is 11.4. The zero-order valence-electron chi connectivity index (χ0n) is 20.6. The van der Waals surface area contributed by atoms with Gasteiger partial charge in [-0.1, -0.05) is 0 Å². The minimum absolute atomic E-state index is 0.0805. The first-order chi connectivity index (χ1) is 17.6. The topological polar surface area (TPSA) is 158 Å². The van der Waals surface area contributed by atoms with Crippen LogP contribution >= 0.6 is 0 Å². The molecule has 0 bridgehead atoms. The van der Waals surface area contributed by atoms with Crippen molar-refractivity contribution in [1.82, 2.24) is 24.7 Å². The molecule has 0 radical (unpaired) electrons. The molecule has 4 rings (SSSR count). The van der Waals surface area contributed by atoms with E-state index >= 15 is 0 Å². The summed E-state index contributed by atoms with van der Waals surface area (Å²) in [4.78, 5) is 44.8. The van der Waals surface area contributed by atoms with Gasteiger partial charge in [-0.05, 0) is 32.9 Å². The van der Waals surface area contributed by atoms with Crippen LogP contribution in [0.1, 0.15) is 37.2 Å². The number of aliphatic hydroxyl groups excluding tert-OH is 1. The van der Waals surface area contributed by atoms with E-state index in [-0.39, 0.29) is 41.4 Å². The lowest BCUT2D eigenvalue weighted by Gasteiger charge is -2.23. The second-order valence-corrected chi connectivity index (χ2v) is 8.73. The molecule has 0 aliphatic heterocycles. The number of carbonyl (C=O) groups is 1. The van der Waals surface area contributed by atoms with Crippen LogP contribution in [0.5, 0.6) is 11.5 Å². The highest BCUT2D eigenvalue weighted by atomic mass is 19.1. The molecule has 0 fully saturated rings. The summed E-state index contributed by atoms with van der Waals surface area (Å²) in [7, 11) is 1.75. The van der Waals surface area contributed by atoms with Crippen molar-refractivity contribution in [1.29, 1.82) is 0 Å². The molecule has 0 aliphatic carbocycles. The molecule has 0 saturated carbocycles. The van der Waals surface area contributed by atoms with Crippen LogP contribution in [0, 0.1) is 5.82 Å². The summed E-state index contributed by atoms with van der Waals surface area (Å²) >= 11 is 0. The number of anilines is 2. The van der Waals surface area contributed by atoms with Crippen LogP contribution < -0.4 is 26.2 Å². The lowest BCUT2D eigenvalue weighted by Crippen LogP contribution is -2.35. The third kappa shape index (κ3) is 5.07. The minimum Gasteiger partial charge on any atom is -0.453 e. The lowest BCUT2D eigenvalue weighted by molar-refractivity contribution is 0.102. The number of hydrogen-bond acceptors (Lipinski definition) is 8. The van der Waals surface area contributed by atoms with Crippen LogP contribution in [0.4, 0.5) is 15.9 Å². The van der Waals surface area contributed by atoms with Gasteiger partial charge in [0.05, 0.1) is 12.6 Å². The number of pyridine rings is 1. The van der Waals surface area contributed by atoms with Crippen LogP contribution in [0.2, 0.25) is 0 Å². The number of aromatic nitrogens is 5. The predicted octanol–water partition coefficient (Wildman–Crippen LogP) is 2.39. The fourth-order valence-electron chi connectivity index (χ4n) is 3.59. The van der Waals surface area contributed by atoms with Gasteiger partial charge in [0.25, 0.3) is 11.5 Å². The van der Waals surface area contributed by atoms with Gasteiger partial charge in [0.1, 0.15) is 16.7 Å². The normalized spacial score (nSPS) is 12.1. The number of likely N-dealkylation sites (N-methyl/N-ethyl adjacent to an activating group) is 1. The Bertz CT molecular complexity index is 1580. The van der Waals surface area contributed by atoms with E-state index in [1.54, 1.807) is 31.9 Å². The summed E-state index contributed by atoms with van der Waals surface area (Å²) in [5.74, 6) is -0.947. The molecule has 1 amide bonds. The molecule has 0 aliphatic rings. The fraction of sp³-hybridized carbons (Fsp3) is 0.292. The smallest absolute Gasteiger partial charge is 0.328 e. The zero-order chi connectivity index (χ0) is 26.9. The average molecular weight is 512 g/mol. The van der Waals surface area contributed by atoms with Crippen LogP contribution in [0.3, 0.4) is 0 Å². The van der Waals surface area contributed by atoms with Crippen LogP contribution in [0.15, 0.2) is 46.2 Å². The summed E-state index contributed by atoms with van der Waals surface area (Å²) in [5.41, 5.74) is -1.27. The number of nitrogens with one attached hydrogen (secondary N) is 3.